The van der Waals surface area contributed by atoms with Crippen molar-refractivity contribution in [2.75, 3.05) is 12.4 Å². The Bertz CT molecular complexity index is 898. The van der Waals surface area contributed by atoms with E-state index in [1.54, 1.807) is 7.11 Å². The first-order valence-corrected chi connectivity index (χ1v) is 8.80. The van der Waals surface area contributed by atoms with E-state index in [1.807, 2.05) is 24.3 Å². The highest BCUT2D eigenvalue weighted by atomic mass is 35.5. The molecule has 0 fully saturated rings. The summed E-state index contributed by atoms with van der Waals surface area (Å²) < 4.78 is 9.31. The molecule has 0 aliphatic heterocycles. The van der Waals surface area contributed by atoms with Crippen molar-refractivity contribution >= 4 is 28.1 Å². The van der Waals surface area contributed by atoms with Crippen LogP contribution in [0.1, 0.15) is 28.3 Å². The average molecular weight is 370 g/mol. The molecule has 25 heavy (non-hydrogen) atoms. The normalized spacial score (nSPS) is 11.6. The van der Waals surface area contributed by atoms with Gasteiger partial charge in [-0.05, 0) is 41.7 Å². The lowest BCUT2D eigenvalue weighted by Gasteiger charge is -2.20. The van der Waals surface area contributed by atoms with E-state index in [2.05, 4.69) is 46.9 Å². The van der Waals surface area contributed by atoms with Crippen molar-refractivity contribution in [3.63, 3.8) is 0 Å². The van der Waals surface area contributed by atoms with E-state index in [0.29, 0.717) is 10.6 Å². The van der Waals surface area contributed by atoms with Crippen LogP contribution in [0.25, 0.3) is 0 Å². The van der Waals surface area contributed by atoms with Crippen molar-refractivity contribution in [1.29, 1.82) is 5.26 Å². The molecule has 1 unspecified atom stereocenters. The fraction of sp³-hybridized carbons (Fsp3) is 0.158. The van der Waals surface area contributed by atoms with Gasteiger partial charge in [0.15, 0.2) is 5.15 Å². The van der Waals surface area contributed by atoms with Gasteiger partial charge >= 0.3 is 0 Å². The molecule has 3 rings (SSSR count). The molecule has 0 aliphatic carbocycles. The molecule has 3 aromatic rings. The number of ether oxygens (including phenoxy) is 1. The fourth-order valence-electron chi connectivity index (χ4n) is 2.51. The molecule has 6 heteroatoms. The maximum absolute atomic E-state index is 9.32. The molecule has 0 amide bonds. The van der Waals surface area contributed by atoms with Gasteiger partial charge in [0.05, 0.1) is 13.2 Å². The van der Waals surface area contributed by atoms with Gasteiger partial charge in [0.25, 0.3) is 0 Å². The number of nitrogens with one attached hydrogen (secondary N) is 1. The topological polar surface area (TPSA) is 57.9 Å². The summed E-state index contributed by atoms with van der Waals surface area (Å²) in [6, 6.07) is 18.1. The van der Waals surface area contributed by atoms with Gasteiger partial charge in [-0.15, -0.1) is 0 Å². The fourth-order valence-corrected chi connectivity index (χ4v) is 3.47. The lowest BCUT2D eigenvalue weighted by molar-refractivity contribution is 0.414. The zero-order chi connectivity index (χ0) is 17.8. The Hall–Kier alpha value is -2.55. The third-order valence-corrected chi connectivity index (χ3v) is 5.05. The number of aromatic nitrogens is 1. The molecule has 0 aliphatic rings. The van der Waals surface area contributed by atoms with Crippen molar-refractivity contribution in [3.8, 4) is 11.8 Å². The standard InChI is InChI=1S/C19H16ClN3OS/c1-12-3-5-13(6-4-12)17(14-7-9-15(24-2)10-8-14)22-19-16(11-21)18(20)23-25-19/h3-10,17,22H,1-2H3. The summed E-state index contributed by atoms with van der Waals surface area (Å²) in [6.07, 6.45) is 0. The van der Waals surface area contributed by atoms with E-state index >= 15 is 0 Å². The van der Waals surface area contributed by atoms with E-state index in [0.717, 1.165) is 16.9 Å². The van der Waals surface area contributed by atoms with E-state index in [4.69, 9.17) is 16.3 Å². The van der Waals surface area contributed by atoms with E-state index in [9.17, 15) is 5.26 Å². The summed E-state index contributed by atoms with van der Waals surface area (Å²) in [4.78, 5) is 0. The Morgan fingerprint density at radius 2 is 1.72 bits per heavy atom. The maximum Gasteiger partial charge on any atom is 0.162 e. The van der Waals surface area contributed by atoms with Crippen molar-refractivity contribution in [1.82, 2.24) is 4.37 Å². The number of hydrogen-bond acceptors (Lipinski definition) is 5. The highest BCUT2D eigenvalue weighted by Crippen LogP contribution is 2.34. The highest BCUT2D eigenvalue weighted by molar-refractivity contribution is 7.10. The summed E-state index contributed by atoms with van der Waals surface area (Å²) in [7, 11) is 1.64. The smallest absolute Gasteiger partial charge is 0.162 e. The second kappa shape index (κ2) is 7.56. The molecular weight excluding hydrogens is 354 g/mol. The summed E-state index contributed by atoms with van der Waals surface area (Å²) in [5.74, 6) is 0.796. The average Bonchev–Trinajstić information content (AvgIpc) is 3.00. The molecule has 4 nitrogen and oxygen atoms in total. The minimum atomic E-state index is -0.130. The number of halogens is 1. The van der Waals surface area contributed by atoms with Crippen LogP contribution in [0.4, 0.5) is 5.00 Å². The zero-order valence-corrected chi connectivity index (χ0v) is 15.4. The van der Waals surface area contributed by atoms with Crippen LogP contribution in [0, 0.1) is 18.3 Å². The maximum atomic E-state index is 9.32. The molecule has 1 heterocycles. The Labute approximate surface area is 155 Å². The minimum Gasteiger partial charge on any atom is -0.497 e. The third kappa shape index (κ3) is 3.76. The van der Waals surface area contributed by atoms with Crippen molar-refractivity contribution in [2.45, 2.75) is 13.0 Å². The van der Waals surface area contributed by atoms with E-state index < -0.39 is 0 Å². The van der Waals surface area contributed by atoms with E-state index in [1.165, 1.54) is 17.1 Å². The molecule has 0 saturated heterocycles. The van der Waals surface area contributed by atoms with Crippen LogP contribution in [-0.2, 0) is 0 Å². The first kappa shape index (κ1) is 17.3. The van der Waals surface area contributed by atoms with Crippen LogP contribution in [0.15, 0.2) is 48.5 Å². The summed E-state index contributed by atoms with van der Waals surface area (Å²) >= 11 is 7.19. The first-order valence-electron chi connectivity index (χ1n) is 7.64. The number of methoxy groups -OCH3 is 1. The van der Waals surface area contributed by atoms with Crippen LogP contribution in [0.2, 0.25) is 5.15 Å². The van der Waals surface area contributed by atoms with Crippen LogP contribution < -0.4 is 10.1 Å². The van der Waals surface area contributed by atoms with Gasteiger partial charge in [-0.25, -0.2) is 0 Å². The Morgan fingerprint density at radius 1 is 1.12 bits per heavy atom. The second-order valence-electron chi connectivity index (χ2n) is 5.55. The lowest BCUT2D eigenvalue weighted by Crippen LogP contribution is -2.12. The van der Waals surface area contributed by atoms with Crippen molar-refractivity contribution in [2.24, 2.45) is 0 Å². The Balaban J connectivity index is 2.01. The minimum absolute atomic E-state index is 0.130. The van der Waals surface area contributed by atoms with Gasteiger partial charge < -0.3 is 10.1 Å². The lowest BCUT2D eigenvalue weighted by atomic mass is 9.97. The van der Waals surface area contributed by atoms with Gasteiger partial charge in [-0.1, -0.05) is 53.6 Å². The third-order valence-electron chi connectivity index (χ3n) is 3.90. The predicted molar refractivity (Wildman–Crippen MR) is 101 cm³/mol. The summed E-state index contributed by atoms with van der Waals surface area (Å²) in [5, 5.41) is 13.6. The predicted octanol–water partition coefficient (Wildman–Crippen LogP) is 5.19. The Kier molecular flexibility index (Phi) is 5.22. The molecule has 0 spiro atoms. The molecule has 1 N–H and O–H groups in total. The number of anilines is 1. The van der Waals surface area contributed by atoms with Gasteiger partial charge in [-0.2, -0.15) is 9.64 Å². The highest BCUT2D eigenvalue weighted by Gasteiger charge is 2.19. The van der Waals surface area contributed by atoms with Crippen molar-refractivity contribution < 1.29 is 4.74 Å². The summed E-state index contributed by atoms with van der Waals surface area (Å²) in [5.41, 5.74) is 3.70. The second-order valence-corrected chi connectivity index (χ2v) is 6.68. The largest absolute Gasteiger partial charge is 0.497 e. The molecule has 126 valence electrons. The first-order chi connectivity index (χ1) is 12.1. The number of rotatable bonds is 5. The number of hydrogen-bond donors (Lipinski definition) is 1. The monoisotopic (exact) mass is 369 g/mol. The van der Waals surface area contributed by atoms with Crippen LogP contribution >= 0.6 is 23.1 Å². The number of nitriles is 1. The SMILES string of the molecule is COc1ccc(C(Nc2snc(Cl)c2C#N)c2ccc(C)cc2)cc1. The van der Waals surface area contributed by atoms with Crippen LogP contribution in [0.3, 0.4) is 0 Å². The zero-order valence-electron chi connectivity index (χ0n) is 13.8. The molecule has 1 aromatic heterocycles. The summed E-state index contributed by atoms with van der Waals surface area (Å²) in [6.45, 7) is 2.05. The van der Waals surface area contributed by atoms with E-state index in [-0.39, 0.29) is 11.2 Å². The van der Waals surface area contributed by atoms with Crippen LogP contribution in [-0.4, -0.2) is 11.5 Å². The molecule has 0 saturated carbocycles. The van der Waals surface area contributed by atoms with Crippen molar-refractivity contribution in [3.05, 3.63) is 75.9 Å². The number of aryl methyl sites for hydroxylation is 1. The number of nitrogens with zero attached hydrogens (tertiary/aromatic N) is 2. The molecule has 0 bridgehead atoms. The molecule has 2 aromatic carbocycles. The Morgan fingerprint density at radius 3 is 2.28 bits per heavy atom. The van der Waals surface area contributed by atoms with Gasteiger partial charge in [-0.3, -0.25) is 0 Å². The van der Waals surface area contributed by atoms with Gasteiger partial charge in [0.1, 0.15) is 22.4 Å². The number of benzene rings is 2. The molecule has 1 atom stereocenters. The van der Waals surface area contributed by atoms with Gasteiger partial charge in [0, 0.05) is 0 Å². The van der Waals surface area contributed by atoms with Crippen LogP contribution in [0.5, 0.6) is 5.75 Å². The molecular formula is C19H16ClN3OS. The quantitative estimate of drug-likeness (QED) is 0.672. The molecule has 0 radical (unpaired) electrons. The van der Waals surface area contributed by atoms with Gasteiger partial charge in [0.2, 0.25) is 0 Å².